The smallest absolute Gasteiger partial charge is 0.223 e. The van der Waals surface area contributed by atoms with Gasteiger partial charge in [-0.3, -0.25) is 9.69 Å². The summed E-state index contributed by atoms with van der Waals surface area (Å²) in [7, 11) is 0. The number of piperidine rings is 1. The second kappa shape index (κ2) is 7.08. The van der Waals surface area contributed by atoms with Crippen molar-refractivity contribution in [3.8, 4) is 0 Å². The highest BCUT2D eigenvalue weighted by molar-refractivity contribution is 6.31. The van der Waals surface area contributed by atoms with E-state index in [1.807, 2.05) is 18.2 Å². The van der Waals surface area contributed by atoms with Gasteiger partial charge in [0, 0.05) is 23.0 Å². The van der Waals surface area contributed by atoms with Crippen LogP contribution in [0.4, 0.5) is 0 Å². The molecule has 146 valence electrons. The van der Waals surface area contributed by atoms with Gasteiger partial charge in [-0.2, -0.15) is 0 Å². The summed E-state index contributed by atoms with van der Waals surface area (Å²) in [6, 6.07) is 8.09. The van der Waals surface area contributed by atoms with Crippen LogP contribution in [0.5, 0.6) is 0 Å². The Labute approximate surface area is 167 Å². The van der Waals surface area contributed by atoms with Crippen molar-refractivity contribution < 1.29 is 4.79 Å². The summed E-state index contributed by atoms with van der Waals surface area (Å²) in [5.41, 5.74) is 1.34. The molecule has 0 atom stereocenters. The first-order valence-corrected chi connectivity index (χ1v) is 11.2. The average Bonchev–Trinajstić information content (AvgIpc) is 2.63. The molecular formula is C23H31ClN2O. The van der Waals surface area contributed by atoms with Gasteiger partial charge in [0.25, 0.3) is 0 Å². The first-order valence-electron chi connectivity index (χ1n) is 10.9. The molecule has 1 amide bonds. The highest BCUT2D eigenvalue weighted by atomic mass is 35.5. The van der Waals surface area contributed by atoms with Crippen molar-refractivity contribution in [3.63, 3.8) is 0 Å². The number of rotatable bonds is 4. The molecule has 27 heavy (non-hydrogen) atoms. The average molecular weight is 387 g/mol. The number of hydrogen-bond donors (Lipinski definition) is 1. The van der Waals surface area contributed by atoms with Crippen LogP contribution in [-0.2, 0) is 11.3 Å². The minimum Gasteiger partial charge on any atom is -0.350 e. The Bertz CT molecular complexity index is 675. The van der Waals surface area contributed by atoms with Gasteiger partial charge in [-0.05, 0) is 93.8 Å². The van der Waals surface area contributed by atoms with Crippen LogP contribution in [0.3, 0.4) is 0 Å². The maximum absolute atomic E-state index is 13.1. The first-order chi connectivity index (χ1) is 13.1. The van der Waals surface area contributed by atoms with E-state index >= 15 is 0 Å². The van der Waals surface area contributed by atoms with Crippen molar-refractivity contribution in [3.05, 3.63) is 34.9 Å². The topological polar surface area (TPSA) is 32.3 Å². The molecule has 1 N–H and O–H groups in total. The fourth-order valence-electron chi connectivity index (χ4n) is 6.85. The lowest BCUT2D eigenvalue weighted by Crippen LogP contribution is -2.61. The Morgan fingerprint density at radius 1 is 1.04 bits per heavy atom. The Morgan fingerprint density at radius 3 is 2.22 bits per heavy atom. The molecule has 1 aliphatic heterocycles. The Morgan fingerprint density at radius 2 is 1.63 bits per heavy atom. The number of nitrogens with one attached hydrogen (secondary N) is 1. The van der Waals surface area contributed by atoms with Crippen LogP contribution in [0.2, 0.25) is 5.02 Å². The van der Waals surface area contributed by atoms with Crippen LogP contribution in [0.15, 0.2) is 24.3 Å². The van der Waals surface area contributed by atoms with E-state index in [1.165, 1.54) is 44.1 Å². The van der Waals surface area contributed by atoms with Crippen molar-refractivity contribution in [2.75, 3.05) is 13.1 Å². The molecule has 5 aliphatic rings. The van der Waals surface area contributed by atoms with Gasteiger partial charge in [0.05, 0.1) is 0 Å². The summed E-state index contributed by atoms with van der Waals surface area (Å²) in [4.78, 5) is 15.5. The van der Waals surface area contributed by atoms with E-state index in [-0.39, 0.29) is 11.5 Å². The minimum atomic E-state index is 0.153. The first kappa shape index (κ1) is 18.0. The standard InChI is InChI=1S/C23H31ClN2O/c24-21-4-2-1-3-20(21)15-26-7-5-19(6-8-26)22(27)25-23-12-16-9-17(13-23)11-18(10-16)14-23/h1-4,16-19H,5-15H2,(H,25,27). The van der Waals surface area contributed by atoms with Gasteiger partial charge in [0.15, 0.2) is 0 Å². The predicted molar refractivity (Wildman–Crippen MR) is 108 cm³/mol. The van der Waals surface area contributed by atoms with Crippen LogP contribution >= 0.6 is 11.6 Å². The summed E-state index contributed by atoms with van der Waals surface area (Å²) in [5, 5.41) is 4.44. The zero-order valence-electron chi connectivity index (χ0n) is 16.1. The third kappa shape index (κ3) is 3.65. The van der Waals surface area contributed by atoms with Crippen molar-refractivity contribution in [2.24, 2.45) is 23.7 Å². The molecule has 4 heteroatoms. The molecule has 0 unspecified atom stereocenters. The van der Waals surface area contributed by atoms with Gasteiger partial charge >= 0.3 is 0 Å². The van der Waals surface area contributed by atoms with E-state index in [9.17, 15) is 4.79 Å². The maximum Gasteiger partial charge on any atom is 0.223 e. The van der Waals surface area contributed by atoms with E-state index in [2.05, 4.69) is 16.3 Å². The van der Waals surface area contributed by atoms with E-state index in [4.69, 9.17) is 11.6 Å². The van der Waals surface area contributed by atoms with Crippen molar-refractivity contribution >= 4 is 17.5 Å². The van der Waals surface area contributed by atoms with E-state index in [0.29, 0.717) is 5.91 Å². The highest BCUT2D eigenvalue weighted by Gasteiger charge is 2.51. The molecule has 1 heterocycles. The Balaban J connectivity index is 1.16. The molecule has 5 fully saturated rings. The second-order valence-corrected chi connectivity index (χ2v) is 10.2. The van der Waals surface area contributed by atoms with Crippen LogP contribution in [0.1, 0.15) is 56.9 Å². The fourth-order valence-corrected chi connectivity index (χ4v) is 7.04. The van der Waals surface area contributed by atoms with Gasteiger partial charge in [-0.1, -0.05) is 29.8 Å². The maximum atomic E-state index is 13.1. The van der Waals surface area contributed by atoms with Gasteiger partial charge in [-0.25, -0.2) is 0 Å². The summed E-state index contributed by atoms with van der Waals surface area (Å²) < 4.78 is 0. The zero-order valence-corrected chi connectivity index (χ0v) is 16.9. The number of amides is 1. The number of benzene rings is 1. The van der Waals surface area contributed by atoms with Gasteiger partial charge < -0.3 is 5.32 Å². The van der Waals surface area contributed by atoms with Gasteiger partial charge in [0.1, 0.15) is 0 Å². The van der Waals surface area contributed by atoms with Crippen molar-refractivity contribution in [2.45, 2.75) is 63.5 Å². The minimum absolute atomic E-state index is 0.153. The summed E-state index contributed by atoms with van der Waals surface area (Å²) in [6.45, 7) is 2.87. The molecule has 6 rings (SSSR count). The number of likely N-dealkylation sites (tertiary alicyclic amines) is 1. The molecule has 1 saturated heterocycles. The molecule has 1 aromatic carbocycles. The largest absolute Gasteiger partial charge is 0.350 e. The number of carbonyl (C=O) groups excluding carboxylic acids is 1. The number of hydrogen-bond acceptors (Lipinski definition) is 2. The Hall–Kier alpha value is -1.06. The third-order valence-corrected chi connectivity index (χ3v) is 8.11. The van der Waals surface area contributed by atoms with Crippen LogP contribution in [0.25, 0.3) is 0 Å². The molecule has 0 aromatic heterocycles. The zero-order chi connectivity index (χ0) is 18.4. The number of nitrogens with zero attached hydrogens (tertiary/aromatic N) is 1. The molecule has 0 spiro atoms. The fraction of sp³-hybridized carbons (Fsp3) is 0.696. The predicted octanol–water partition coefficient (Wildman–Crippen LogP) is 4.64. The van der Waals surface area contributed by atoms with Crippen LogP contribution in [0, 0.1) is 23.7 Å². The SMILES string of the molecule is O=C(NC12CC3CC(CC(C3)C1)C2)C1CCN(Cc2ccccc2Cl)CC1. The molecule has 4 aliphatic carbocycles. The molecular weight excluding hydrogens is 356 g/mol. The molecule has 4 saturated carbocycles. The lowest BCUT2D eigenvalue weighted by molar-refractivity contribution is -0.132. The normalized spacial score (nSPS) is 36.1. The summed E-state index contributed by atoms with van der Waals surface area (Å²) in [5.74, 6) is 3.19. The lowest BCUT2D eigenvalue weighted by atomic mass is 9.53. The number of carbonyl (C=O) groups is 1. The Kier molecular flexibility index (Phi) is 4.72. The van der Waals surface area contributed by atoms with Crippen LogP contribution < -0.4 is 5.32 Å². The monoisotopic (exact) mass is 386 g/mol. The van der Waals surface area contributed by atoms with Gasteiger partial charge in [0.2, 0.25) is 5.91 Å². The summed E-state index contributed by atoms with van der Waals surface area (Å²) >= 11 is 6.30. The van der Waals surface area contributed by atoms with Gasteiger partial charge in [-0.15, -0.1) is 0 Å². The number of halogens is 1. The van der Waals surface area contributed by atoms with Crippen molar-refractivity contribution in [1.29, 1.82) is 0 Å². The van der Waals surface area contributed by atoms with Crippen LogP contribution in [-0.4, -0.2) is 29.4 Å². The van der Waals surface area contributed by atoms with Crippen molar-refractivity contribution in [1.82, 2.24) is 10.2 Å². The van der Waals surface area contributed by atoms with E-state index < -0.39 is 0 Å². The quantitative estimate of drug-likeness (QED) is 0.817. The molecule has 0 radical (unpaired) electrons. The lowest BCUT2D eigenvalue weighted by Gasteiger charge is -2.57. The van der Waals surface area contributed by atoms with E-state index in [0.717, 1.165) is 55.3 Å². The summed E-state index contributed by atoms with van der Waals surface area (Å²) in [6.07, 6.45) is 9.97. The molecule has 1 aromatic rings. The third-order valence-electron chi connectivity index (χ3n) is 7.74. The molecule has 3 nitrogen and oxygen atoms in total. The van der Waals surface area contributed by atoms with E-state index in [1.54, 1.807) is 0 Å². The second-order valence-electron chi connectivity index (χ2n) is 9.83. The molecule has 4 bridgehead atoms. The highest BCUT2D eigenvalue weighted by Crippen LogP contribution is 2.55.